The topological polar surface area (TPSA) is 46.6 Å². The number of ether oxygens (including phenoxy) is 1. The van der Waals surface area contributed by atoms with Gasteiger partial charge in [0.25, 0.3) is 0 Å². The Morgan fingerprint density at radius 3 is 1.68 bits per heavy atom. The molecular formula is C27H53NO3. The second kappa shape index (κ2) is 20.8. The largest absolute Gasteiger partial charge is 0.466 e. The fourth-order valence-electron chi connectivity index (χ4n) is 4.05. The fraction of sp³-hybridized carbons (Fsp3) is 0.926. The summed E-state index contributed by atoms with van der Waals surface area (Å²) in [7, 11) is 0. The van der Waals surface area contributed by atoms with Crippen molar-refractivity contribution in [2.24, 2.45) is 11.8 Å². The molecule has 4 nitrogen and oxygen atoms in total. The minimum atomic E-state index is -0.114. The van der Waals surface area contributed by atoms with Crippen molar-refractivity contribution >= 4 is 11.9 Å². The van der Waals surface area contributed by atoms with Crippen molar-refractivity contribution in [3.8, 4) is 0 Å². The first-order valence-electron chi connectivity index (χ1n) is 13.4. The predicted octanol–water partition coefficient (Wildman–Crippen LogP) is 7.54. The smallest absolute Gasteiger partial charge is 0.305 e. The first kappa shape index (κ1) is 29.9. The summed E-state index contributed by atoms with van der Waals surface area (Å²) in [5, 5.41) is 0. The predicted molar refractivity (Wildman–Crippen MR) is 132 cm³/mol. The third-order valence-corrected chi connectivity index (χ3v) is 6.43. The highest BCUT2D eigenvalue weighted by Crippen LogP contribution is 2.20. The minimum Gasteiger partial charge on any atom is -0.466 e. The van der Waals surface area contributed by atoms with Crippen LogP contribution < -0.4 is 0 Å². The van der Waals surface area contributed by atoms with E-state index in [0.717, 1.165) is 58.0 Å². The maximum Gasteiger partial charge on any atom is 0.305 e. The molecule has 0 spiro atoms. The van der Waals surface area contributed by atoms with Crippen LogP contribution in [-0.2, 0) is 14.3 Å². The summed E-state index contributed by atoms with van der Waals surface area (Å²) in [6, 6.07) is 0. The average Bonchev–Trinajstić information content (AvgIpc) is 2.78. The van der Waals surface area contributed by atoms with Crippen LogP contribution in [0, 0.1) is 11.8 Å². The lowest BCUT2D eigenvalue weighted by molar-refractivity contribution is -0.144. The highest BCUT2D eigenvalue weighted by atomic mass is 16.5. The summed E-state index contributed by atoms with van der Waals surface area (Å²) in [6.07, 6.45) is 15.3. The van der Waals surface area contributed by atoms with Gasteiger partial charge >= 0.3 is 5.97 Å². The van der Waals surface area contributed by atoms with Gasteiger partial charge in [0.15, 0.2) is 0 Å². The Morgan fingerprint density at radius 2 is 1.19 bits per heavy atom. The molecule has 0 aromatic rings. The Hall–Kier alpha value is -1.06. The average molecular weight is 440 g/mol. The second-order valence-electron chi connectivity index (χ2n) is 9.27. The SMILES string of the molecule is CCCCCOC(=O)CCCCC(=O)N(CC(CC)CCCC)CC(CC)CCCC. The van der Waals surface area contributed by atoms with Crippen LogP contribution in [0.3, 0.4) is 0 Å². The molecule has 0 fully saturated rings. The van der Waals surface area contributed by atoms with Crippen LogP contribution in [-0.4, -0.2) is 36.5 Å². The quantitative estimate of drug-likeness (QED) is 0.137. The normalized spacial score (nSPS) is 13.1. The van der Waals surface area contributed by atoms with Gasteiger partial charge in [-0.25, -0.2) is 0 Å². The highest BCUT2D eigenvalue weighted by molar-refractivity contribution is 5.76. The molecule has 0 aliphatic rings. The zero-order chi connectivity index (χ0) is 23.3. The zero-order valence-corrected chi connectivity index (χ0v) is 21.6. The number of carbonyl (C=O) groups excluding carboxylic acids is 2. The van der Waals surface area contributed by atoms with Gasteiger partial charge in [0.05, 0.1) is 6.61 Å². The second-order valence-corrected chi connectivity index (χ2v) is 9.27. The van der Waals surface area contributed by atoms with Crippen molar-refractivity contribution in [1.82, 2.24) is 4.90 Å². The van der Waals surface area contributed by atoms with Gasteiger partial charge in [-0.2, -0.15) is 0 Å². The van der Waals surface area contributed by atoms with Crippen LogP contribution in [0.4, 0.5) is 0 Å². The molecule has 0 saturated heterocycles. The third-order valence-electron chi connectivity index (χ3n) is 6.43. The van der Waals surface area contributed by atoms with Crippen molar-refractivity contribution in [2.75, 3.05) is 19.7 Å². The van der Waals surface area contributed by atoms with Gasteiger partial charge in [-0.1, -0.05) is 86.0 Å². The molecule has 0 bridgehead atoms. The van der Waals surface area contributed by atoms with Crippen molar-refractivity contribution in [3.63, 3.8) is 0 Å². The Bertz CT molecular complexity index is 420. The molecule has 0 rings (SSSR count). The van der Waals surface area contributed by atoms with Crippen LogP contribution in [0.15, 0.2) is 0 Å². The Balaban J connectivity index is 4.60. The summed E-state index contributed by atoms with van der Waals surface area (Å²) in [5.41, 5.74) is 0. The first-order valence-corrected chi connectivity index (χ1v) is 13.4. The molecule has 0 aromatic heterocycles. The first-order chi connectivity index (χ1) is 15.0. The van der Waals surface area contributed by atoms with E-state index in [9.17, 15) is 9.59 Å². The molecule has 0 aliphatic heterocycles. The van der Waals surface area contributed by atoms with Crippen LogP contribution in [0.2, 0.25) is 0 Å². The maximum atomic E-state index is 13.1. The van der Waals surface area contributed by atoms with E-state index in [1.165, 1.54) is 38.5 Å². The van der Waals surface area contributed by atoms with E-state index in [-0.39, 0.29) is 11.9 Å². The molecule has 0 aromatic carbocycles. The van der Waals surface area contributed by atoms with Gasteiger partial charge in [0.2, 0.25) is 5.91 Å². The monoisotopic (exact) mass is 439 g/mol. The molecule has 2 unspecified atom stereocenters. The van der Waals surface area contributed by atoms with Crippen LogP contribution in [0.5, 0.6) is 0 Å². The van der Waals surface area contributed by atoms with E-state index in [1.807, 2.05) is 0 Å². The summed E-state index contributed by atoms with van der Waals surface area (Å²) < 4.78 is 5.27. The van der Waals surface area contributed by atoms with E-state index in [4.69, 9.17) is 4.74 Å². The van der Waals surface area contributed by atoms with Crippen LogP contribution in [0.1, 0.15) is 131 Å². The molecule has 0 radical (unpaired) electrons. The molecule has 31 heavy (non-hydrogen) atoms. The summed E-state index contributed by atoms with van der Waals surface area (Å²) in [5.74, 6) is 1.37. The molecule has 2 atom stereocenters. The van der Waals surface area contributed by atoms with E-state index in [0.29, 0.717) is 31.3 Å². The lowest BCUT2D eigenvalue weighted by atomic mass is 9.95. The highest BCUT2D eigenvalue weighted by Gasteiger charge is 2.21. The number of hydrogen-bond acceptors (Lipinski definition) is 3. The molecule has 0 N–H and O–H groups in total. The number of carbonyl (C=O) groups is 2. The van der Waals surface area contributed by atoms with Crippen molar-refractivity contribution < 1.29 is 14.3 Å². The molecule has 1 amide bonds. The zero-order valence-electron chi connectivity index (χ0n) is 21.6. The molecule has 4 heteroatoms. The van der Waals surface area contributed by atoms with Crippen molar-refractivity contribution in [3.05, 3.63) is 0 Å². The number of nitrogens with zero attached hydrogens (tertiary/aromatic N) is 1. The molecule has 0 heterocycles. The molecule has 0 aliphatic carbocycles. The number of hydrogen-bond donors (Lipinski definition) is 0. The van der Waals surface area contributed by atoms with Gasteiger partial charge < -0.3 is 9.64 Å². The number of rotatable bonds is 21. The number of unbranched alkanes of at least 4 members (excludes halogenated alkanes) is 5. The lowest BCUT2D eigenvalue weighted by Gasteiger charge is -2.31. The van der Waals surface area contributed by atoms with Crippen molar-refractivity contribution in [2.45, 2.75) is 131 Å². The third kappa shape index (κ3) is 16.3. The Kier molecular flexibility index (Phi) is 20.1. The van der Waals surface area contributed by atoms with Crippen LogP contribution >= 0.6 is 0 Å². The van der Waals surface area contributed by atoms with Gasteiger partial charge in [0, 0.05) is 25.9 Å². The van der Waals surface area contributed by atoms with Gasteiger partial charge in [-0.05, 0) is 43.9 Å². The molecule has 184 valence electrons. The summed E-state index contributed by atoms with van der Waals surface area (Å²) >= 11 is 0. The van der Waals surface area contributed by atoms with E-state index < -0.39 is 0 Å². The van der Waals surface area contributed by atoms with E-state index in [2.05, 4.69) is 39.5 Å². The maximum absolute atomic E-state index is 13.1. The number of amides is 1. The Morgan fingerprint density at radius 1 is 0.677 bits per heavy atom. The van der Waals surface area contributed by atoms with Gasteiger partial charge in [-0.15, -0.1) is 0 Å². The Labute approximate surface area is 193 Å². The standard InChI is InChI=1S/C27H53NO3/c1-6-11-16-21-31-27(30)20-15-14-19-26(29)28(22-24(9-4)17-12-7-2)23-25(10-5)18-13-8-3/h24-25H,6-23H2,1-5H3. The van der Waals surface area contributed by atoms with E-state index >= 15 is 0 Å². The van der Waals surface area contributed by atoms with E-state index in [1.54, 1.807) is 0 Å². The van der Waals surface area contributed by atoms with Gasteiger partial charge in [-0.3, -0.25) is 9.59 Å². The minimum absolute atomic E-state index is 0.114. The van der Waals surface area contributed by atoms with Crippen LogP contribution in [0.25, 0.3) is 0 Å². The van der Waals surface area contributed by atoms with Gasteiger partial charge in [0.1, 0.15) is 0 Å². The summed E-state index contributed by atoms with van der Waals surface area (Å²) in [6.45, 7) is 13.5. The fourth-order valence-corrected chi connectivity index (χ4v) is 4.05. The molecular weight excluding hydrogens is 386 g/mol. The number of esters is 1. The van der Waals surface area contributed by atoms with Crippen molar-refractivity contribution in [1.29, 1.82) is 0 Å². The summed E-state index contributed by atoms with van der Waals surface area (Å²) in [4.78, 5) is 27.1. The molecule has 0 saturated carbocycles. The lowest BCUT2D eigenvalue weighted by Crippen LogP contribution is -2.38.